The zero-order valence-electron chi connectivity index (χ0n) is 26.1. The van der Waals surface area contributed by atoms with Gasteiger partial charge in [-0.25, -0.2) is 17.2 Å². The number of sulfonamides is 1. The van der Waals surface area contributed by atoms with E-state index in [1.807, 2.05) is 4.90 Å². The van der Waals surface area contributed by atoms with Crippen LogP contribution in [0.1, 0.15) is 49.4 Å². The molecule has 2 fully saturated rings. The Kier molecular flexibility index (Phi) is 10.5. The zero-order valence-corrected chi connectivity index (χ0v) is 27.7. The first-order valence-corrected chi connectivity index (χ1v) is 18.3. The minimum atomic E-state index is -4.62. The summed E-state index contributed by atoms with van der Waals surface area (Å²) in [5, 5.41) is 26.0. The van der Waals surface area contributed by atoms with Gasteiger partial charge >= 0.3 is 6.18 Å². The van der Waals surface area contributed by atoms with E-state index in [2.05, 4.69) is 4.90 Å². The summed E-state index contributed by atoms with van der Waals surface area (Å²) in [5.74, 6) is -2.44. The number of piperidine rings is 2. The van der Waals surface area contributed by atoms with Crippen LogP contribution in [0.25, 0.3) is 11.3 Å². The number of halogens is 5. The van der Waals surface area contributed by atoms with Crippen LogP contribution < -0.4 is 0 Å². The molecule has 258 valence electrons. The van der Waals surface area contributed by atoms with Crippen LogP contribution in [-0.2, 0) is 35.7 Å². The average molecular weight is 696 g/mol. The monoisotopic (exact) mass is 695 g/mol. The standard InChI is InChI=1S/C30H42F5N5O4S2/c1-28(42)6-11-38(12-7-28)18-22(41)19-40-25-5-10-39(46(2,43)44)20-23(25)27(36-40)21-3-4-24(30(33,34)35)26(17-21)45-16-15-37-13-8-29(31,32)9-14-37/h3-4,17,22,41-42H,5-16,18-20H2,1-2H3. The molecule has 4 heterocycles. The van der Waals surface area contributed by atoms with Gasteiger partial charge in [-0.3, -0.25) is 4.68 Å². The lowest BCUT2D eigenvalue weighted by Gasteiger charge is -2.36. The number of nitrogens with zero attached hydrogens (tertiary/aromatic N) is 5. The first-order chi connectivity index (χ1) is 21.4. The van der Waals surface area contributed by atoms with Crippen LogP contribution in [0.4, 0.5) is 22.0 Å². The molecule has 3 aliphatic rings. The number of thioether (sulfide) groups is 1. The summed E-state index contributed by atoms with van der Waals surface area (Å²) in [6.45, 7) is 4.47. The third kappa shape index (κ3) is 8.80. The summed E-state index contributed by atoms with van der Waals surface area (Å²) in [4.78, 5) is 3.88. The molecule has 0 amide bonds. The van der Waals surface area contributed by atoms with E-state index in [0.717, 1.165) is 29.8 Å². The van der Waals surface area contributed by atoms with E-state index in [4.69, 9.17) is 5.10 Å². The van der Waals surface area contributed by atoms with Crippen molar-refractivity contribution in [1.29, 1.82) is 0 Å². The van der Waals surface area contributed by atoms with Crippen molar-refractivity contribution in [3.63, 3.8) is 0 Å². The second-order valence-electron chi connectivity index (χ2n) is 13.0. The highest BCUT2D eigenvalue weighted by Crippen LogP contribution is 2.40. The lowest BCUT2D eigenvalue weighted by molar-refractivity contribution is -0.139. The van der Waals surface area contributed by atoms with E-state index in [-0.39, 0.29) is 56.2 Å². The highest BCUT2D eigenvalue weighted by atomic mass is 32.2. The first-order valence-electron chi connectivity index (χ1n) is 15.5. The van der Waals surface area contributed by atoms with Crippen LogP contribution in [0.3, 0.4) is 0 Å². The van der Waals surface area contributed by atoms with Gasteiger partial charge in [0.05, 0.1) is 35.8 Å². The molecule has 0 spiro atoms. The summed E-state index contributed by atoms with van der Waals surface area (Å²) < 4.78 is 97.1. The molecule has 2 saturated heterocycles. The molecule has 1 aromatic heterocycles. The van der Waals surface area contributed by atoms with Gasteiger partial charge < -0.3 is 20.0 Å². The molecule has 3 aliphatic heterocycles. The number of aromatic nitrogens is 2. The fourth-order valence-corrected chi connectivity index (χ4v) is 8.22. The number of β-amino-alcohol motifs (C(OH)–C–C–N with tert-alkyl or cyclic N) is 1. The maximum absolute atomic E-state index is 14.0. The van der Waals surface area contributed by atoms with Gasteiger partial charge in [0.1, 0.15) is 0 Å². The molecule has 0 bridgehead atoms. The van der Waals surface area contributed by atoms with Gasteiger partial charge in [-0.05, 0) is 31.9 Å². The topological polar surface area (TPSA) is 102 Å². The highest BCUT2D eigenvalue weighted by molar-refractivity contribution is 7.99. The van der Waals surface area contributed by atoms with E-state index >= 15 is 0 Å². The van der Waals surface area contributed by atoms with Gasteiger partial charge in [0.2, 0.25) is 10.0 Å². The van der Waals surface area contributed by atoms with E-state index in [0.29, 0.717) is 62.3 Å². The molecule has 16 heteroatoms. The predicted molar refractivity (Wildman–Crippen MR) is 165 cm³/mol. The molecular formula is C30H42F5N5O4S2. The molecule has 1 unspecified atom stereocenters. The zero-order chi connectivity index (χ0) is 33.5. The minimum absolute atomic E-state index is 0.00386. The Balaban J connectivity index is 1.39. The Labute approximate surface area is 270 Å². The van der Waals surface area contributed by atoms with E-state index in [1.165, 1.54) is 16.4 Å². The second-order valence-corrected chi connectivity index (χ2v) is 16.1. The fraction of sp³-hybridized carbons (Fsp3) is 0.700. The van der Waals surface area contributed by atoms with Gasteiger partial charge in [0.15, 0.2) is 0 Å². The van der Waals surface area contributed by atoms with Crippen LogP contribution in [0.2, 0.25) is 0 Å². The number of alkyl halides is 5. The van der Waals surface area contributed by atoms with Crippen molar-refractivity contribution in [2.24, 2.45) is 0 Å². The number of benzene rings is 1. The summed E-state index contributed by atoms with van der Waals surface area (Å²) in [6, 6.07) is 3.75. The Morgan fingerprint density at radius 3 is 2.30 bits per heavy atom. The highest BCUT2D eigenvalue weighted by Gasteiger charge is 2.36. The number of aliphatic hydroxyl groups excluding tert-OH is 1. The Morgan fingerprint density at radius 1 is 1.02 bits per heavy atom. The summed E-state index contributed by atoms with van der Waals surface area (Å²) in [6.07, 6.45) is -3.37. The third-order valence-electron chi connectivity index (χ3n) is 9.17. The van der Waals surface area contributed by atoms with Crippen LogP contribution >= 0.6 is 11.8 Å². The average Bonchev–Trinajstić information content (AvgIpc) is 3.31. The van der Waals surface area contributed by atoms with Gasteiger partial charge in [-0.1, -0.05) is 6.07 Å². The minimum Gasteiger partial charge on any atom is -0.390 e. The van der Waals surface area contributed by atoms with E-state index < -0.39 is 39.4 Å². The summed E-state index contributed by atoms with van der Waals surface area (Å²) in [7, 11) is -3.56. The lowest BCUT2D eigenvalue weighted by atomic mass is 9.94. The quantitative estimate of drug-likeness (QED) is 0.285. The van der Waals surface area contributed by atoms with E-state index in [1.54, 1.807) is 11.6 Å². The molecule has 0 aliphatic carbocycles. The van der Waals surface area contributed by atoms with Crippen LogP contribution in [-0.4, -0.2) is 118 Å². The van der Waals surface area contributed by atoms with Gasteiger partial charge in [0, 0.05) is 99.1 Å². The number of hydrogen-bond acceptors (Lipinski definition) is 8. The van der Waals surface area contributed by atoms with Crippen molar-refractivity contribution < 1.29 is 40.6 Å². The number of rotatable bonds is 10. The molecular weight excluding hydrogens is 653 g/mol. The molecule has 0 saturated carbocycles. The van der Waals surface area contributed by atoms with Crippen LogP contribution in [0.5, 0.6) is 0 Å². The van der Waals surface area contributed by atoms with Crippen molar-refractivity contribution >= 4 is 21.8 Å². The molecule has 0 radical (unpaired) electrons. The number of hydrogen-bond donors (Lipinski definition) is 2. The van der Waals surface area contributed by atoms with Crippen LogP contribution in [0.15, 0.2) is 23.1 Å². The van der Waals surface area contributed by atoms with Gasteiger partial charge in [-0.2, -0.15) is 22.6 Å². The van der Waals surface area contributed by atoms with Crippen molar-refractivity contribution in [3.8, 4) is 11.3 Å². The van der Waals surface area contributed by atoms with Gasteiger partial charge in [-0.15, -0.1) is 11.8 Å². The third-order valence-corrected chi connectivity index (χ3v) is 11.5. The van der Waals surface area contributed by atoms with Crippen molar-refractivity contribution in [2.45, 2.75) is 80.8 Å². The Morgan fingerprint density at radius 2 is 1.67 bits per heavy atom. The molecule has 9 nitrogen and oxygen atoms in total. The lowest BCUT2D eigenvalue weighted by Crippen LogP contribution is -2.45. The molecule has 1 atom stereocenters. The number of likely N-dealkylation sites (tertiary alicyclic amines) is 2. The molecule has 2 N–H and O–H groups in total. The Bertz CT molecular complexity index is 1480. The van der Waals surface area contributed by atoms with Crippen molar-refractivity contribution in [1.82, 2.24) is 23.9 Å². The second kappa shape index (κ2) is 13.6. The van der Waals surface area contributed by atoms with Crippen molar-refractivity contribution in [3.05, 3.63) is 35.0 Å². The molecule has 5 rings (SSSR count). The number of aliphatic hydroxyl groups is 2. The van der Waals surface area contributed by atoms with Gasteiger partial charge in [0.25, 0.3) is 5.92 Å². The predicted octanol–water partition coefficient (Wildman–Crippen LogP) is 3.92. The summed E-state index contributed by atoms with van der Waals surface area (Å²) >= 11 is 1.00. The molecule has 46 heavy (non-hydrogen) atoms. The number of fused-ring (bicyclic) bond motifs is 1. The fourth-order valence-electron chi connectivity index (χ4n) is 6.32. The molecule has 2 aromatic rings. The first kappa shape index (κ1) is 35.5. The van der Waals surface area contributed by atoms with E-state index in [9.17, 15) is 40.6 Å². The largest absolute Gasteiger partial charge is 0.417 e. The SMILES string of the molecule is CC1(O)CCN(CC(O)Cn2nc(-c3ccc(C(F)(F)F)c(SCCN4CCC(F)(F)CC4)c3)c3c2CCN(S(C)(=O)=O)C3)CC1. The van der Waals surface area contributed by atoms with Crippen LogP contribution in [0, 0.1) is 0 Å². The smallest absolute Gasteiger partial charge is 0.390 e. The normalized spacial score (nSPS) is 22.1. The maximum Gasteiger partial charge on any atom is 0.417 e. The maximum atomic E-state index is 14.0. The Hall–Kier alpha value is -1.82. The molecule has 1 aromatic carbocycles. The summed E-state index contributed by atoms with van der Waals surface area (Å²) in [5.41, 5.74) is 0.528. The van der Waals surface area contributed by atoms with Crippen molar-refractivity contribution in [2.75, 3.05) is 57.8 Å².